The zero-order chi connectivity index (χ0) is 4.83. The van der Waals surface area contributed by atoms with Gasteiger partial charge < -0.3 is 14.0 Å². The summed E-state index contributed by atoms with van der Waals surface area (Å²) in [6.07, 6.45) is 5.25. The summed E-state index contributed by atoms with van der Waals surface area (Å²) in [6.45, 7) is 7.25. The van der Waals surface area contributed by atoms with E-state index in [1.807, 2.05) is 0 Å². The van der Waals surface area contributed by atoms with E-state index >= 15 is 0 Å². The zero-order valence-electron chi connectivity index (χ0n) is 5.98. The van der Waals surface area contributed by atoms with Crippen molar-refractivity contribution in [3.8, 4) is 0 Å². The van der Waals surface area contributed by atoms with Gasteiger partial charge in [0, 0.05) is 0 Å². The first-order chi connectivity index (χ1) is 2.91. The number of hydrogen-bond acceptors (Lipinski definition) is 0. The van der Waals surface area contributed by atoms with E-state index in [1.165, 1.54) is 12.8 Å². The van der Waals surface area contributed by atoms with Crippen molar-refractivity contribution in [1.29, 1.82) is 0 Å². The van der Waals surface area contributed by atoms with Gasteiger partial charge in [-0.05, 0) is 0 Å². The Labute approximate surface area is 66.1 Å². The number of rotatable bonds is 3. The molecule has 0 nitrogen and oxygen atoms in total. The Kier molecular flexibility index (Phi) is 30.9. The van der Waals surface area contributed by atoms with Gasteiger partial charge in [-0.25, -0.2) is 0 Å². The second-order valence-corrected chi connectivity index (χ2v) is 1.38. The molecule has 0 atom stereocenters. The minimum atomic E-state index is 0. The van der Waals surface area contributed by atoms with Crippen LogP contribution in [0.5, 0.6) is 0 Å². The Balaban J connectivity index is -0.000000125. The van der Waals surface area contributed by atoms with Crippen molar-refractivity contribution < 1.29 is 19.5 Å². The fraction of sp³-hybridized carbons (Fsp3) is 0.571. The smallest absolute Gasteiger partial charge is 0.518 e. The monoisotopic (exact) mass is 162 g/mol. The van der Waals surface area contributed by atoms with Gasteiger partial charge in [0.1, 0.15) is 0 Å². The molecule has 0 aliphatic rings. The molecular formula is C7H14Zn. The molecule has 0 aliphatic carbocycles. The molecule has 44 valence electrons. The van der Waals surface area contributed by atoms with Gasteiger partial charge >= 0.3 is 19.5 Å². The second kappa shape index (κ2) is 15.7. The van der Waals surface area contributed by atoms with Crippen LogP contribution in [-0.2, 0) is 19.5 Å². The maximum absolute atomic E-state index is 5.09. The van der Waals surface area contributed by atoms with Crippen LogP contribution in [0.2, 0.25) is 0 Å². The number of allylic oxidation sites excluding steroid dienone is 1. The average Bonchev–Trinajstić information content (AvgIpc) is 1.61. The largest absolute Gasteiger partial charge is 2.00 e. The van der Waals surface area contributed by atoms with Gasteiger partial charge in [-0.1, -0.05) is 26.2 Å². The molecule has 0 heterocycles. The maximum atomic E-state index is 5.09. The van der Waals surface area contributed by atoms with Crippen molar-refractivity contribution in [3.05, 3.63) is 20.1 Å². The summed E-state index contributed by atoms with van der Waals surface area (Å²) in [4.78, 5) is 0. The van der Waals surface area contributed by atoms with Crippen LogP contribution >= 0.6 is 0 Å². The third-order valence-corrected chi connectivity index (χ3v) is 0.724. The zero-order valence-corrected chi connectivity index (χ0v) is 8.95. The van der Waals surface area contributed by atoms with E-state index in [-0.39, 0.29) is 26.9 Å². The van der Waals surface area contributed by atoms with Crippen molar-refractivity contribution in [3.63, 3.8) is 0 Å². The van der Waals surface area contributed by atoms with Crippen molar-refractivity contribution >= 4 is 0 Å². The Hall–Kier alpha value is 0.363. The fourth-order valence-corrected chi connectivity index (χ4v) is 0.322. The molecule has 0 N–H and O–H groups in total. The molecule has 0 saturated carbocycles. The van der Waals surface area contributed by atoms with Gasteiger partial charge in [0.25, 0.3) is 0 Å². The molecule has 0 saturated heterocycles. The van der Waals surface area contributed by atoms with E-state index in [4.69, 9.17) is 6.58 Å². The van der Waals surface area contributed by atoms with E-state index in [9.17, 15) is 0 Å². The first kappa shape index (κ1) is 15.8. The van der Waals surface area contributed by atoms with Gasteiger partial charge in [0.05, 0.1) is 0 Å². The number of unbranched alkanes of at least 4 members (excludes halogenated alkanes) is 2. The predicted molar refractivity (Wildman–Crippen MR) is 34.8 cm³/mol. The van der Waals surface area contributed by atoms with Gasteiger partial charge in [0.15, 0.2) is 0 Å². The Morgan fingerprint density at radius 1 is 1.50 bits per heavy atom. The van der Waals surface area contributed by atoms with Crippen LogP contribution in [0.4, 0.5) is 0 Å². The van der Waals surface area contributed by atoms with Crippen molar-refractivity contribution in [2.45, 2.75) is 26.2 Å². The minimum absolute atomic E-state index is 0. The minimum Gasteiger partial charge on any atom is -0.518 e. The SMILES string of the molecule is [CH-]=CCCCC.[CH3-].[Zn+2]. The Bertz CT molecular complexity index is 33.4. The predicted octanol–water partition coefficient (Wildman–Crippen LogP) is 2.61. The van der Waals surface area contributed by atoms with Crippen molar-refractivity contribution in [2.75, 3.05) is 0 Å². The normalized spacial score (nSPS) is 6.12. The van der Waals surface area contributed by atoms with Crippen LogP contribution in [0.3, 0.4) is 0 Å². The van der Waals surface area contributed by atoms with E-state index in [0.717, 1.165) is 6.42 Å². The van der Waals surface area contributed by atoms with Gasteiger partial charge in [-0.2, -0.15) is 0 Å². The van der Waals surface area contributed by atoms with Crippen molar-refractivity contribution in [2.24, 2.45) is 0 Å². The van der Waals surface area contributed by atoms with Crippen LogP contribution in [0.15, 0.2) is 6.08 Å². The average molecular weight is 164 g/mol. The topological polar surface area (TPSA) is 0 Å². The molecular weight excluding hydrogens is 149 g/mol. The molecule has 0 radical (unpaired) electrons. The molecule has 0 aromatic rings. The third-order valence-electron chi connectivity index (χ3n) is 0.724. The molecule has 0 spiro atoms. The first-order valence-corrected chi connectivity index (χ1v) is 2.45. The van der Waals surface area contributed by atoms with Gasteiger partial charge in [-0.15, -0.1) is 0 Å². The van der Waals surface area contributed by atoms with Crippen LogP contribution in [0, 0.1) is 14.0 Å². The van der Waals surface area contributed by atoms with Gasteiger partial charge in [-0.3, -0.25) is 6.08 Å². The second-order valence-electron chi connectivity index (χ2n) is 1.38. The summed E-state index contributed by atoms with van der Waals surface area (Å²) < 4.78 is 0. The Morgan fingerprint density at radius 3 is 2.12 bits per heavy atom. The maximum Gasteiger partial charge on any atom is 2.00 e. The molecule has 0 unspecified atom stereocenters. The quantitative estimate of drug-likeness (QED) is 0.341. The molecule has 0 rings (SSSR count). The van der Waals surface area contributed by atoms with Crippen molar-refractivity contribution in [1.82, 2.24) is 0 Å². The van der Waals surface area contributed by atoms with E-state index < -0.39 is 0 Å². The fourth-order valence-electron chi connectivity index (χ4n) is 0.322. The molecule has 0 aromatic heterocycles. The van der Waals surface area contributed by atoms with E-state index in [2.05, 4.69) is 6.92 Å². The molecule has 0 aromatic carbocycles. The summed E-state index contributed by atoms with van der Waals surface area (Å²) in [6, 6.07) is 0. The number of hydrogen-bond donors (Lipinski definition) is 0. The molecule has 0 fully saturated rings. The molecule has 1 heteroatoms. The molecule has 0 amide bonds. The third kappa shape index (κ3) is 16.2. The molecule has 8 heavy (non-hydrogen) atoms. The van der Waals surface area contributed by atoms with E-state index in [1.54, 1.807) is 6.08 Å². The first-order valence-electron chi connectivity index (χ1n) is 2.45. The van der Waals surface area contributed by atoms with Crippen LogP contribution in [0.25, 0.3) is 0 Å². The summed E-state index contributed by atoms with van der Waals surface area (Å²) in [7, 11) is 0. The van der Waals surface area contributed by atoms with Gasteiger partial charge in [0.2, 0.25) is 0 Å². The standard InChI is InChI=1S/C6H11.CH3.Zn/c1-3-5-6-4-2;;/h1,3H,4-6H2,2H3;1H3;/q2*-1;+2. The summed E-state index contributed by atoms with van der Waals surface area (Å²) in [5.74, 6) is 0. The summed E-state index contributed by atoms with van der Waals surface area (Å²) in [5.41, 5.74) is 0. The van der Waals surface area contributed by atoms with Crippen LogP contribution in [0.1, 0.15) is 26.2 Å². The molecule has 0 aliphatic heterocycles. The van der Waals surface area contributed by atoms with E-state index in [0.29, 0.717) is 0 Å². The molecule has 0 bridgehead atoms. The summed E-state index contributed by atoms with van der Waals surface area (Å²) in [5, 5.41) is 0. The summed E-state index contributed by atoms with van der Waals surface area (Å²) >= 11 is 0. The Morgan fingerprint density at radius 2 is 2.00 bits per heavy atom. The van der Waals surface area contributed by atoms with Crippen LogP contribution in [-0.4, -0.2) is 0 Å². The van der Waals surface area contributed by atoms with Crippen LogP contribution < -0.4 is 0 Å².